The van der Waals surface area contributed by atoms with Gasteiger partial charge in [0.2, 0.25) is 0 Å². The van der Waals surface area contributed by atoms with Gasteiger partial charge in [0, 0.05) is 22.1 Å². The zero-order chi connectivity index (χ0) is 40.3. The van der Waals surface area contributed by atoms with Crippen molar-refractivity contribution < 1.29 is 0 Å². The van der Waals surface area contributed by atoms with Crippen molar-refractivity contribution in [3.05, 3.63) is 193 Å². The highest BCUT2D eigenvalue weighted by atomic mass is 28.3. The summed E-state index contributed by atoms with van der Waals surface area (Å²) in [4.78, 5) is 15.2. The van der Waals surface area contributed by atoms with E-state index in [0.29, 0.717) is 17.5 Å². The monoisotopic (exact) mass is 775 g/mol. The molecule has 0 fully saturated rings. The molecule has 9 aromatic rings. The third-order valence-corrected chi connectivity index (χ3v) is 14.2. The maximum Gasteiger partial charge on any atom is 0.164 e. The predicted octanol–water partition coefficient (Wildman–Crippen LogP) is 13.9. The minimum Gasteiger partial charge on any atom is -0.208 e. The Kier molecular flexibility index (Phi) is 8.84. The molecule has 0 atom stereocenters. The number of hydrogen-bond acceptors (Lipinski definition) is 3. The van der Waals surface area contributed by atoms with E-state index in [1.807, 2.05) is 18.2 Å². The van der Waals surface area contributed by atoms with Crippen molar-refractivity contribution in [2.24, 2.45) is 0 Å². The van der Waals surface area contributed by atoms with Crippen molar-refractivity contribution in [3.8, 4) is 78.7 Å². The lowest BCUT2D eigenvalue weighted by atomic mass is 9.80. The quantitative estimate of drug-likeness (QED) is 0.151. The summed E-state index contributed by atoms with van der Waals surface area (Å²) < 4.78 is 0. The summed E-state index contributed by atoms with van der Waals surface area (Å²) in [6.07, 6.45) is 0. The molecule has 284 valence electrons. The zero-order valence-electron chi connectivity index (χ0n) is 34.2. The number of benzene rings is 8. The van der Waals surface area contributed by atoms with Crippen molar-refractivity contribution >= 4 is 24.0 Å². The normalized spacial score (nSPS) is 13.0. The van der Waals surface area contributed by atoms with E-state index in [4.69, 9.17) is 15.0 Å². The molecule has 0 amide bonds. The van der Waals surface area contributed by atoms with Gasteiger partial charge in [0.25, 0.3) is 0 Å². The molecule has 0 aliphatic heterocycles. The molecule has 0 unspecified atom stereocenters. The van der Waals surface area contributed by atoms with Crippen molar-refractivity contribution in [3.63, 3.8) is 0 Å². The fraction of sp³-hybridized carbons (Fsp3) is 0.109. The number of nitrogens with zero attached hydrogens (tertiary/aromatic N) is 3. The van der Waals surface area contributed by atoms with Crippen LogP contribution in [-0.2, 0) is 5.41 Å². The van der Waals surface area contributed by atoms with Gasteiger partial charge in [-0.2, -0.15) is 0 Å². The third kappa shape index (κ3) is 6.70. The maximum absolute atomic E-state index is 5.14. The predicted molar refractivity (Wildman–Crippen MR) is 250 cm³/mol. The summed E-state index contributed by atoms with van der Waals surface area (Å²) in [5, 5.41) is 3.76. The Morgan fingerprint density at radius 2 is 0.814 bits per heavy atom. The van der Waals surface area contributed by atoms with E-state index in [-0.39, 0.29) is 5.41 Å². The van der Waals surface area contributed by atoms with Crippen LogP contribution >= 0.6 is 0 Å². The van der Waals surface area contributed by atoms with E-state index in [1.165, 1.54) is 55.3 Å². The Labute approximate surface area is 348 Å². The largest absolute Gasteiger partial charge is 0.208 e. The molecule has 1 heterocycles. The van der Waals surface area contributed by atoms with Gasteiger partial charge in [-0.25, -0.2) is 15.0 Å². The average molecular weight is 776 g/mol. The Balaban J connectivity index is 0.975. The van der Waals surface area contributed by atoms with Crippen LogP contribution in [0.5, 0.6) is 0 Å². The number of rotatable bonds is 7. The summed E-state index contributed by atoms with van der Waals surface area (Å²) in [7, 11) is -1.33. The molecule has 0 spiro atoms. The van der Waals surface area contributed by atoms with E-state index in [0.717, 1.165) is 33.0 Å². The van der Waals surface area contributed by atoms with Crippen LogP contribution in [0.25, 0.3) is 89.4 Å². The van der Waals surface area contributed by atoms with Crippen molar-refractivity contribution in [2.75, 3.05) is 0 Å². The lowest BCUT2D eigenvalue weighted by Crippen LogP contribution is -2.37. The van der Waals surface area contributed by atoms with E-state index >= 15 is 0 Å². The first-order valence-corrected chi connectivity index (χ1v) is 24.0. The van der Waals surface area contributed by atoms with Crippen LogP contribution in [-0.4, -0.2) is 23.0 Å². The molecular weight excluding hydrogens is 731 g/mol. The molecule has 0 radical (unpaired) electrons. The SMILES string of the molecule is CC1(C)c2cc(-c3ccc(-c4ccc([Si](C)(C)C)cc4)cc3)ccc2-c2ccc(-c3cccc(-c4nc(-c5ccccc5)nc(-c5cccc6ccccc56)n4)c3)cc21. The molecule has 1 aromatic heterocycles. The van der Waals surface area contributed by atoms with Gasteiger partial charge < -0.3 is 0 Å². The molecule has 1 aliphatic carbocycles. The fourth-order valence-corrected chi connectivity index (χ4v) is 9.88. The first-order valence-electron chi connectivity index (χ1n) is 20.5. The summed E-state index contributed by atoms with van der Waals surface area (Å²) in [5.74, 6) is 1.97. The van der Waals surface area contributed by atoms with E-state index in [2.05, 4.69) is 197 Å². The second kappa shape index (κ2) is 14.3. The minimum atomic E-state index is -1.33. The average Bonchev–Trinajstić information content (AvgIpc) is 3.50. The van der Waals surface area contributed by atoms with Crippen LogP contribution in [0.4, 0.5) is 0 Å². The minimum absolute atomic E-state index is 0.168. The smallest absolute Gasteiger partial charge is 0.164 e. The Bertz CT molecular complexity index is 3030. The molecule has 0 saturated heterocycles. The number of aromatic nitrogens is 3. The van der Waals surface area contributed by atoms with Gasteiger partial charge in [0.15, 0.2) is 17.5 Å². The zero-order valence-corrected chi connectivity index (χ0v) is 35.2. The molecule has 0 saturated carbocycles. The van der Waals surface area contributed by atoms with Crippen molar-refractivity contribution in [2.45, 2.75) is 38.9 Å². The van der Waals surface area contributed by atoms with E-state index in [1.54, 1.807) is 0 Å². The summed E-state index contributed by atoms with van der Waals surface area (Å²) >= 11 is 0. The topological polar surface area (TPSA) is 38.7 Å². The van der Waals surface area contributed by atoms with Gasteiger partial charge in [-0.1, -0.05) is 202 Å². The van der Waals surface area contributed by atoms with Crippen molar-refractivity contribution in [1.82, 2.24) is 15.0 Å². The second-order valence-corrected chi connectivity index (χ2v) is 22.4. The van der Waals surface area contributed by atoms with Crippen molar-refractivity contribution in [1.29, 1.82) is 0 Å². The number of fused-ring (bicyclic) bond motifs is 4. The molecule has 4 heteroatoms. The van der Waals surface area contributed by atoms with Gasteiger partial charge in [-0.05, 0) is 84.6 Å². The summed E-state index contributed by atoms with van der Waals surface area (Å²) in [5.41, 5.74) is 15.3. The van der Waals surface area contributed by atoms with Gasteiger partial charge >= 0.3 is 0 Å². The van der Waals surface area contributed by atoms with Gasteiger partial charge in [0.1, 0.15) is 0 Å². The molecule has 0 N–H and O–H groups in total. The van der Waals surface area contributed by atoms with E-state index < -0.39 is 8.07 Å². The Morgan fingerprint density at radius 3 is 1.47 bits per heavy atom. The van der Waals surface area contributed by atoms with E-state index in [9.17, 15) is 0 Å². The fourth-order valence-electron chi connectivity index (χ4n) is 8.71. The highest BCUT2D eigenvalue weighted by Gasteiger charge is 2.36. The highest BCUT2D eigenvalue weighted by molar-refractivity contribution is 6.88. The summed E-state index contributed by atoms with van der Waals surface area (Å²) in [6.45, 7) is 11.9. The number of hydrogen-bond donors (Lipinski definition) is 0. The van der Waals surface area contributed by atoms with Gasteiger partial charge in [-0.15, -0.1) is 0 Å². The molecular formula is C55H45N3Si. The van der Waals surface area contributed by atoms with Crippen LogP contribution in [0.2, 0.25) is 19.6 Å². The first kappa shape index (κ1) is 36.6. The highest BCUT2D eigenvalue weighted by Crippen LogP contribution is 2.51. The maximum atomic E-state index is 5.14. The third-order valence-electron chi connectivity index (χ3n) is 12.1. The van der Waals surface area contributed by atoms with Crippen LogP contribution in [0.15, 0.2) is 182 Å². The summed E-state index contributed by atoms with van der Waals surface area (Å²) in [6, 6.07) is 65.7. The Morgan fingerprint density at radius 1 is 0.356 bits per heavy atom. The first-order chi connectivity index (χ1) is 28.6. The van der Waals surface area contributed by atoms with Crippen LogP contribution in [0.1, 0.15) is 25.0 Å². The van der Waals surface area contributed by atoms with Crippen LogP contribution in [0, 0.1) is 0 Å². The molecule has 3 nitrogen and oxygen atoms in total. The van der Waals surface area contributed by atoms with Crippen LogP contribution in [0.3, 0.4) is 0 Å². The lowest BCUT2D eigenvalue weighted by molar-refractivity contribution is 0.661. The van der Waals surface area contributed by atoms with Crippen LogP contribution < -0.4 is 5.19 Å². The lowest BCUT2D eigenvalue weighted by Gasteiger charge is -2.23. The van der Waals surface area contributed by atoms with Gasteiger partial charge in [-0.3, -0.25) is 0 Å². The van der Waals surface area contributed by atoms with Gasteiger partial charge in [0.05, 0.1) is 8.07 Å². The molecule has 1 aliphatic rings. The molecule has 8 aromatic carbocycles. The standard InChI is InChI=1S/C55H45N3Si/c1-55(2)50-34-42(38-23-21-36(22-24-38)37-25-29-45(30-26-37)59(3,4)5)27-31-47(50)48-32-28-43(35-51(48)55)41-17-11-18-44(33-41)53-56-52(40-14-7-6-8-15-40)57-54(58-53)49-20-12-16-39-13-9-10-19-46(39)49/h6-35H,1-5H3. The Hall–Kier alpha value is -6.75. The second-order valence-electron chi connectivity index (χ2n) is 17.3. The molecule has 59 heavy (non-hydrogen) atoms. The molecule has 0 bridgehead atoms. The molecule has 10 rings (SSSR count).